The molecule has 3 rings (SSSR count). The third-order valence-corrected chi connectivity index (χ3v) is 4.53. The highest BCUT2D eigenvalue weighted by molar-refractivity contribution is 14.0. The molecule has 0 unspecified atom stereocenters. The maximum Gasteiger partial charge on any atom is 0.228 e. The molecule has 0 saturated carbocycles. The molecule has 1 heterocycles. The summed E-state index contributed by atoms with van der Waals surface area (Å²) < 4.78 is 10.8. The predicted molar refractivity (Wildman–Crippen MR) is 130 cm³/mol. The number of aliphatic imine (C=N–C) groups is 1. The number of hydrogen-bond donors (Lipinski definition) is 2. The van der Waals surface area contributed by atoms with Gasteiger partial charge >= 0.3 is 0 Å². The second-order valence-corrected chi connectivity index (χ2v) is 6.88. The molecule has 9 heteroatoms. The molecule has 0 aliphatic rings. The average molecular weight is 542 g/mol. The summed E-state index contributed by atoms with van der Waals surface area (Å²) in [5.74, 6) is 2.61. The second-order valence-electron chi connectivity index (χ2n) is 6.44. The topological polar surface area (TPSA) is 84.6 Å². The molecule has 0 saturated heterocycles. The molecule has 0 radical (unpaired) electrons. The Morgan fingerprint density at radius 2 is 2.03 bits per heavy atom. The van der Waals surface area contributed by atoms with E-state index in [4.69, 9.17) is 20.9 Å². The Morgan fingerprint density at radius 3 is 2.77 bits per heavy atom. The summed E-state index contributed by atoms with van der Waals surface area (Å²) in [6.45, 7) is 3.24. The van der Waals surface area contributed by atoms with Crippen LogP contribution in [0.1, 0.15) is 17.0 Å². The highest BCUT2D eigenvalue weighted by Gasteiger charge is 2.09. The Kier molecular flexibility index (Phi) is 9.38. The number of hydrogen-bond acceptors (Lipinski definition) is 5. The number of halogens is 2. The van der Waals surface area contributed by atoms with Gasteiger partial charge in [-0.25, -0.2) is 0 Å². The molecule has 0 amide bonds. The number of rotatable bonds is 7. The van der Waals surface area contributed by atoms with Crippen molar-refractivity contribution < 1.29 is 9.26 Å². The molecule has 2 aromatic carbocycles. The van der Waals surface area contributed by atoms with Crippen molar-refractivity contribution in [3.8, 4) is 17.1 Å². The molecule has 1 aromatic heterocycles. The van der Waals surface area contributed by atoms with Crippen LogP contribution in [0.4, 0.5) is 0 Å². The fourth-order valence-electron chi connectivity index (χ4n) is 2.79. The predicted octanol–water partition coefficient (Wildman–Crippen LogP) is 4.23. The SMILES string of the molecule is CN=C(NCCc1nc(-c2cccc(Cl)c2)no1)NCc1ccc(C)cc1OC.I. The van der Waals surface area contributed by atoms with Crippen LogP contribution in [0.25, 0.3) is 11.4 Å². The van der Waals surface area contributed by atoms with E-state index in [1.54, 1.807) is 26.3 Å². The molecule has 0 aliphatic carbocycles. The Labute approximate surface area is 198 Å². The van der Waals surface area contributed by atoms with Crippen molar-refractivity contribution in [2.24, 2.45) is 4.99 Å². The third kappa shape index (κ3) is 6.60. The zero-order valence-electron chi connectivity index (χ0n) is 17.1. The van der Waals surface area contributed by atoms with Crippen LogP contribution in [0.5, 0.6) is 5.75 Å². The fourth-order valence-corrected chi connectivity index (χ4v) is 2.98. The molecule has 2 N–H and O–H groups in total. The van der Waals surface area contributed by atoms with Gasteiger partial charge < -0.3 is 19.9 Å². The number of aryl methyl sites for hydroxylation is 1. The van der Waals surface area contributed by atoms with Crippen LogP contribution in [0.3, 0.4) is 0 Å². The minimum Gasteiger partial charge on any atom is -0.496 e. The van der Waals surface area contributed by atoms with E-state index in [-0.39, 0.29) is 24.0 Å². The van der Waals surface area contributed by atoms with Crippen molar-refractivity contribution in [1.29, 1.82) is 0 Å². The standard InChI is InChI=1S/C21H24ClN5O2.HI/c1-14-7-8-16(18(11-14)28-3)13-25-21(23-2)24-10-9-19-26-20(27-29-19)15-5-4-6-17(22)12-15;/h4-8,11-12H,9-10,13H2,1-3H3,(H2,23,24,25);1H. The van der Waals surface area contributed by atoms with Crippen LogP contribution in [-0.2, 0) is 13.0 Å². The minimum atomic E-state index is 0. The average Bonchev–Trinajstić information content (AvgIpc) is 3.20. The summed E-state index contributed by atoms with van der Waals surface area (Å²) in [6, 6.07) is 13.5. The molecule has 0 aliphatic heterocycles. The quantitative estimate of drug-likeness (QED) is 0.265. The Hall–Kier alpha value is -2.33. The van der Waals surface area contributed by atoms with Gasteiger partial charge in [0.2, 0.25) is 11.7 Å². The monoisotopic (exact) mass is 541 g/mol. The number of benzene rings is 2. The van der Waals surface area contributed by atoms with Crippen LogP contribution < -0.4 is 15.4 Å². The van der Waals surface area contributed by atoms with E-state index < -0.39 is 0 Å². The lowest BCUT2D eigenvalue weighted by Crippen LogP contribution is -2.37. The number of guanidine groups is 1. The smallest absolute Gasteiger partial charge is 0.228 e. The summed E-state index contributed by atoms with van der Waals surface area (Å²) in [7, 11) is 3.40. The first kappa shape index (κ1) is 23.9. The second kappa shape index (κ2) is 11.8. The van der Waals surface area contributed by atoms with Crippen LogP contribution in [0.2, 0.25) is 5.02 Å². The number of nitrogens with zero attached hydrogens (tertiary/aromatic N) is 3. The minimum absolute atomic E-state index is 0. The van der Waals surface area contributed by atoms with Gasteiger partial charge in [0.15, 0.2) is 5.96 Å². The first-order valence-electron chi connectivity index (χ1n) is 9.25. The Balaban J connectivity index is 0.00000320. The molecule has 30 heavy (non-hydrogen) atoms. The van der Waals surface area contributed by atoms with Gasteiger partial charge in [-0.05, 0) is 30.7 Å². The highest BCUT2D eigenvalue weighted by Crippen LogP contribution is 2.20. The largest absolute Gasteiger partial charge is 0.496 e. The Bertz CT molecular complexity index is 993. The highest BCUT2D eigenvalue weighted by atomic mass is 127. The fraction of sp³-hybridized carbons (Fsp3) is 0.286. The van der Waals surface area contributed by atoms with Crippen LogP contribution >= 0.6 is 35.6 Å². The van der Waals surface area contributed by atoms with Crippen LogP contribution in [0, 0.1) is 6.92 Å². The lowest BCUT2D eigenvalue weighted by molar-refractivity contribution is 0.378. The van der Waals surface area contributed by atoms with Crippen molar-refractivity contribution in [2.45, 2.75) is 19.9 Å². The third-order valence-electron chi connectivity index (χ3n) is 4.29. The number of aromatic nitrogens is 2. The molecule has 0 fully saturated rings. The van der Waals surface area contributed by atoms with Gasteiger partial charge in [-0.1, -0.05) is 41.0 Å². The van der Waals surface area contributed by atoms with E-state index in [9.17, 15) is 0 Å². The normalized spacial score (nSPS) is 11.0. The number of methoxy groups -OCH3 is 1. The summed E-state index contributed by atoms with van der Waals surface area (Å²) in [5, 5.41) is 11.2. The van der Waals surface area contributed by atoms with E-state index in [0.717, 1.165) is 22.4 Å². The summed E-state index contributed by atoms with van der Waals surface area (Å²) in [4.78, 5) is 8.66. The van der Waals surface area contributed by atoms with Gasteiger partial charge in [-0.3, -0.25) is 4.99 Å². The summed E-state index contributed by atoms with van der Waals surface area (Å²) in [5.41, 5.74) is 3.04. The zero-order chi connectivity index (χ0) is 20.6. The van der Waals surface area contributed by atoms with Gasteiger partial charge in [-0.2, -0.15) is 4.98 Å². The maximum atomic E-state index is 6.01. The van der Waals surface area contributed by atoms with E-state index >= 15 is 0 Å². The molecule has 0 atom stereocenters. The van der Waals surface area contributed by atoms with E-state index in [2.05, 4.69) is 31.8 Å². The lowest BCUT2D eigenvalue weighted by atomic mass is 10.1. The van der Waals surface area contributed by atoms with E-state index in [1.165, 1.54) is 0 Å². The summed E-state index contributed by atoms with van der Waals surface area (Å²) in [6.07, 6.45) is 0.572. The first-order chi connectivity index (χ1) is 14.1. The first-order valence-corrected chi connectivity index (χ1v) is 9.63. The molecule has 3 aromatic rings. The van der Waals surface area contributed by atoms with E-state index in [0.29, 0.717) is 42.2 Å². The lowest BCUT2D eigenvalue weighted by Gasteiger charge is -2.13. The van der Waals surface area contributed by atoms with Gasteiger partial charge in [0.1, 0.15) is 5.75 Å². The van der Waals surface area contributed by atoms with Gasteiger partial charge in [-0.15, -0.1) is 24.0 Å². The van der Waals surface area contributed by atoms with Gasteiger partial charge in [0, 0.05) is 42.7 Å². The number of ether oxygens (including phenoxy) is 1. The molecule has 160 valence electrons. The van der Waals surface area contributed by atoms with Gasteiger partial charge in [0.25, 0.3) is 0 Å². The van der Waals surface area contributed by atoms with Gasteiger partial charge in [0.05, 0.1) is 7.11 Å². The van der Waals surface area contributed by atoms with Crippen molar-refractivity contribution in [3.63, 3.8) is 0 Å². The van der Waals surface area contributed by atoms with Crippen LogP contribution in [0.15, 0.2) is 52.0 Å². The summed E-state index contributed by atoms with van der Waals surface area (Å²) >= 11 is 6.01. The molecule has 7 nitrogen and oxygen atoms in total. The van der Waals surface area contributed by atoms with Crippen LogP contribution in [-0.4, -0.2) is 36.8 Å². The molecule has 0 spiro atoms. The molecular formula is C21H25ClIN5O2. The van der Waals surface area contributed by atoms with Crippen molar-refractivity contribution in [3.05, 3.63) is 64.5 Å². The maximum absolute atomic E-state index is 6.01. The van der Waals surface area contributed by atoms with Crippen molar-refractivity contribution in [2.75, 3.05) is 20.7 Å². The van der Waals surface area contributed by atoms with Crippen molar-refractivity contribution in [1.82, 2.24) is 20.8 Å². The molecular weight excluding hydrogens is 517 g/mol. The van der Waals surface area contributed by atoms with E-state index in [1.807, 2.05) is 31.2 Å². The Morgan fingerprint density at radius 1 is 1.20 bits per heavy atom. The zero-order valence-corrected chi connectivity index (χ0v) is 20.2. The molecule has 0 bridgehead atoms. The number of nitrogens with one attached hydrogen (secondary N) is 2. The van der Waals surface area contributed by atoms with Crippen molar-refractivity contribution >= 4 is 41.5 Å².